The fraction of sp³-hybridized carbons (Fsp3) is 0. The molecule has 2 aliphatic rings. The zero-order valence-corrected chi connectivity index (χ0v) is 6.24. The van der Waals surface area contributed by atoms with Gasteiger partial charge in [-0.25, -0.2) is 4.98 Å². The molecule has 0 aromatic rings. The molecule has 3 N–H and O–H groups in total. The first-order valence-electron chi connectivity index (χ1n) is 3.46. The summed E-state index contributed by atoms with van der Waals surface area (Å²) < 4.78 is 5.13. The standard InChI is InChI=1S/C8H7N3O/c9-8(10)6-4-7-5(11-6)2-1-3-12-7/h1-4H,(H3,9,10). The lowest BCUT2D eigenvalue weighted by Crippen LogP contribution is -2.10. The topological polar surface area (TPSA) is 75.9 Å². The van der Waals surface area contributed by atoms with Crippen molar-refractivity contribution < 1.29 is 4.42 Å². The van der Waals surface area contributed by atoms with Gasteiger partial charge >= 0.3 is 0 Å². The van der Waals surface area contributed by atoms with E-state index < -0.39 is 0 Å². The van der Waals surface area contributed by atoms with Crippen molar-refractivity contribution in [1.29, 1.82) is 5.41 Å². The van der Waals surface area contributed by atoms with Crippen LogP contribution >= 0.6 is 0 Å². The minimum Gasteiger partial charge on any atom is -0.463 e. The molecule has 2 aliphatic heterocycles. The van der Waals surface area contributed by atoms with E-state index in [9.17, 15) is 0 Å². The van der Waals surface area contributed by atoms with Crippen LogP contribution in [0.4, 0.5) is 0 Å². The number of hydrogen-bond donors (Lipinski definition) is 2. The summed E-state index contributed by atoms with van der Waals surface area (Å²) in [6, 6.07) is 5.21. The number of aromatic nitrogens is 1. The minimum atomic E-state index is -0.0404. The van der Waals surface area contributed by atoms with Crippen LogP contribution in [0.15, 0.2) is 28.9 Å². The third kappa shape index (κ3) is 0.934. The van der Waals surface area contributed by atoms with Gasteiger partial charge in [0.2, 0.25) is 0 Å². The Labute approximate surface area is 68.9 Å². The Morgan fingerprint density at radius 1 is 1.58 bits per heavy atom. The predicted octanol–water partition coefficient (Wildman–Crippen LogP) is 1.06. The second kappa shape index (κ2) is 2.34. The monoisotopic (exact) mass is 161 g/mol. The van der Waals surface area contributed by atoms with Gasteiger partial charge in [-0.05, 0) is 12.1 Å². The van der Waals surface area contributed by atoms with E-state index in [1.807, 2.05) is 6.07 Å². The van der Waals surface area contributed by atoms with Crippen molar-refractivity contribution in [3.8, 4) is 11.5 Å². The van der Waals surface area contributed by atoms with Crippen LogP contribution in [0.25, 0.3) is 11.5 Å². The maximum absolute atomic E-state index is 7.14. The van der Waals surface area contributed by atoms with Crippen LogP contribution in [0.3, 0.4) is 0 Å². The van der Waals surface area contributed by atoms with Crippen LogP contribution in [0.5, 0.6) is 0 Å². The van der Waals surface area contributed by atoms with Gasteiger partial charge in [-0.1, -0.05) is 0 Å². The lowest BCUT2D eigenvalue weighted by Gasteiger charge is -1.90. The fourth-order valence-corrected chi connectivity index (χ4v) is 1.01. The highest BCUT2D eigenvalue weighted by Gasteiger charge is 2.10. The van der Waals surface area contributed by atoms with Gasteiger partial charge in [0, 0.05) is 6.07 Å². The van der Waals surface area contributed by atoms with Crippen molar-refractivity contribution >= 4 is 5.84 Å². The van der Waals surface area contributed by atoms with Crippen molar-refractivity contribution in [2.75, 3.05) is 0 Å². The third-order valence-corrected chi connectivity index (χ3v) is 1.56. The van der Waals surface area contributed by atoms with E-state index in [1.54, 1.807) is 18.4 Å². The quantitative estimate of drug-likeness (QED) is 0.485. The molecular formula is C8H7N3O. The molecule has 0 amide bonds. The van der Waals surface area contributed by atoms with Crippen LogP contribution in [0.1, 0.15) is 5.69 Å². The maximum atomic E-state index is 7.14. The van der Waals surface area contributed by atoms with Gasteiger partial charge in [0.15, 0.2) is 5.76 Å². The predicted molar refractivity (Wildman–Crippen MR) is 44.1 cm³/mol. The van der Waals surface area contributed by atoms with E-state index in [0.29, 0.717) is 11.5 Å². The smallest absolute Gasteiger partial charge is 0.154 e. The fourth-order valence-electron chi connectivity index (χ4n) is 1.01. The van der Waals surface area contributed by atoms with Crippen molar-refractivity contribution in [2.24, 2.45) is 5.73 Å². The second-order valence-corrected chi connectivity index (χ2v) is 2.42. The Morgan fingerprint density at radius 3 is 3.08 bits per heavy atom. The molecule has 0 saturated heterocycles. The summed E-state index contributed by atoms with van der Waals surface area (Å²) in [5.74, 6) is 0.615. The lowest BCUT2D eigenvalue weighted by atomic mass is 10.3. The molecule has 0 atom stereocenters. The summed E-state index contributed by atoms with van der Waals surface area (Å²) in [4.78, 5) is 4.07. The van der Waals surface area contributed by atoms with E-state index in [-0.39, 0.29) is 5.84 Å². The molecule has 4 nitrogen and oxygen atoms in total. The lowest BCUT2D eigenvalue weighted by molar-refractivity contribution is 0.565. The van der Waals surface area contributed by atoms with E-state index in [1.165, 1.54) is 0 Å². The van der Waals surface area contributed by atoms with Crippen molar-refractivity contribution in [1.82, 2.24) is 4.98 Å². The van der Waals surface area contributed by atoms with Gasteiger partial charge in [-0.2, -0.15) is 0 Å². The van der Waals surface area contributed by atoms with Crippen LogP contribution in [-0.4, -0.2) is 10.8 Å². The van der Waals surface area contributed by atoms with Gasteiger partial charge in [-0.3, -0.25) is 5.41 Å². The van der Waals surface area contributed by atoms with Crippen molar-refractivity contribution in [3.63, 3.8) is 0 Å². The first-order valence-corrected chi connectivity index (χ1v) is 3.46. The molecule has 0 bridgehead atoms. The molecule has 12 heavy (non-hydrogen) atoms. The SMILES string of the molecule is N=C(N)c1cc2occcc-2n1. The Balaban J connectivity index is 2.63. The first kappa shape index (κ1) is 6.84. The van der Waals surface area contributed by atoms with Gasteiger partial charge in [0.05, 0.1) is 6.26 Å². The van der Waals surface area contributed by atoms with Gasteiger partial charge in [-0.15, -0.1) is 0 Å². The number of fused-ring (bicyclic) bond motifs is 1. The molecule has 4 heteroatoms. The van der Waals surface area contributed by atoms with Crippen LogP contribution in [-0.2, 0) is 0 Å². The average Bonchev–Trinajstić information content (AvgIpc) is 2.46. The number of nitrogens with zero attached hydrogens (tertiary/aromatic N) is 1. The zero-order chi connectivity index (χ0) is 8.55. The number of nitrogens with one attached hydrogen (secondary N) is 1. The molecule has 2 rings (SSSR count). The third-order valence-electron chi connectivity index (χ3n) is 1.56. The molecule has 0 radical (unpaired) electrons. The molecule has 0 aliphatic carbocycles. The van der Waals surface area contributed by atoms with Crippen LogP contribution < -0.4 is 5.73 Å². The van der Waals surface area contributed by atoms with Gasteiger partial charge in [0.25, 0.3) is 0 Å². The Hall–Kier alpha value is -1.84. The molecule has 60 valence electrons. The molecule has 0 fully saturated rings. The molecular weight excluding hydrogens is 154 g/mol. The minimum absolute atomic E-state index is 0.0404. The van der Waals surface area contributed by atoms with Gasteiger partial charge in [0.1, 0.15) is 17.2 Å². The maximum Gasteiger partial charge on any atom is 0.154 e. The largest absolute Gasteiger partial charge is 0.463 e. The van der Waals surface area contributed by atoms with E-state index in [4.69, 9.17) is 15.6 Å². The molecule has 0 aromatic heterocycles. The molecule has 2 heterocycles. The summed E-state index contributed by atoms with van der Waals surface area (Å²) in [5, 5.41) is 7.14. The normalized spacial score (nSPS) is 10.3. The number of nitrogen functional groups attached to an aromatic ring is 1. The Bertz CT molecular complexity index is 363. The average molecular weight is 161 g/mol. The highest BCUT2D eigenvalue weighted by molar-refractivity contribution is 5.94. The molecule has 0 aromatic carbocycles. The van der Waals surface area contributed by atoms with E-state index in [0.717, 1.165) is 5.69 Å². The van der Waals surface area contributed by atoms with Crippen LogP contribution in [0, 0.1) is 5.41 Å². The van der Waals surface area contributed by atoms with Crippen molar-refractivity contribution in [3.05, 3.63) is 30.2 Å². The van der Waals surface area contributed by atoms with Gasteiger partial charge < -0.3 is 10.2 Å². The van der Waals surface area contributed by atoms with Crippen molar-refractivity contribution in [2.45, 2.75) is 0 Å². The highest BCUT2D eigenvalue weighted by atomic mass is 16.3. The first-order chi connectivity index (χ1) is 5.77. The Kier molecular flexibility index (Phi) is 1.33. The molecule has 0 saturated carbocycles. The second-order valence-electron chi connectivity index (χ2n) is 2.42. The van der Waals surface area contributed by atoms with E-state index >= 15 is 0 Å². The van der Waals surface area contributed by atoms with E-state index in [2.05, 4.69) is 4.98 Å². The number of nitrogens with two attached hydrogens (primary N) is 1. The highest BCUT2D eigenvalue weighted by Crippen LogP contribution is 2.20. The summed E-state index contributed by atoms with van der Waals surface area (Å²) >= 11 is 0. The van der Waals surface area contributed by atoms with Crippen LogP contribution in [0.2, 0.25) is 0 Å². The molecule has 0 spiro atoms. The summed E-state index contributed by atoms with van der Waals surface area (Å²) in [7, 11) is 0. The Morgan fingerprint density at radius 2 is 2.42 bits per heavy atom. The summed E-state index contributed by atoms with van der Waals surface area (Å²) in [6.07, 6.45) is 1.56. The molecule has 0 unspecified atom stereocenters. The number of hydrogen-bond acceptors (Lipinski definition) is 3. The summed E-state index contributed by atoms with van der Waals surface area (Å²) in [6.45, 7) is 0. The summed E-state index contributed by atoms with van der Waals surface area (Å²) in [5.41, 5.74) is 6.44. The zero-order valence-electron chi connectivity index (χ0n) is 6.24. The number of rotatable bonds is 1. The number of amidine groups is 1.